The first kappa shape index (κ1) is 31.2. The monoisotopic (exact) mass is 703 g/mol. The number of rotatable bonds is 6. The Morgan fingerprint density at radius 3 is 1.67 bits per heavy atom. The topological polar surface area (TPSA) is 29.5 Å². The van der Waals surface area contributed by atoms with Gasteiger partial charge in [0.1, 0.15) is 16.7 Å². The van der Waals surface area contributed by atoms with Gasteiger partial charge in [0, 0.05) is 33.3 Å². The van der Waals surface area contributed by atoms with Crippen LogP contribution in [0.4, 0.5) is 17.1 Å². The molecule has 0 unspecified atom stereocenters. The average Bonchev–Trinajstić information content (AvgIpc) is 3.82. The van der Waals surface area contributed by atoms with Crippen LogP contribution < -0.4 is 4.90 Å². The molecular formula is C52H33NO2. The number of fused-ring (bicyclic) bond motifs is 7. The quantitative estimate of drug-likeness (QED) is 0.173. The number of benzene rings is 9. The zero-order valence-electron chi connectivity index (χ0n) is 29.8. The van der Waals surface area contributed by atoms with Crippen molar-refractivity contribution in [3.05, 3.63) is 200 Å². The largest absolute Gasteiger partial charge is 0.456 e. The fourth-order valence-electron chi connectivity index (χ4n) is 8.28. The van der Waals surface area contributed by atoms with E-state index in [1.807, 2.05) is 18.2 Å². The predicted molar refractivity (Wildman–Crippen MR) is 229 cm³/mol. The predicted octanol–water partition coefficient (Wildman–Crippen LogP) is 15.1. The maximum Gasteiger partial charge on any atom is 0.159 e. The molecule has 0 spiro atoms. The van der Waals surface area contributed by atoms with Crippen LogP contribution in [0.1, 0.15) is 0 Å². The summed E-state index contributed by atoms with van der Waals surface area (Å²) in [5.41, 5.74) is 13.4. The molecule has 11 rings (SSSR count). The second-order valence-corrected chi connectivity index (χ2v) is 14.1. The molecule has 0 saturated heterocycles. The van der Waals surface area contributed by atoms with E-state index in [0.29, 0.717) is 0 Å². The molecule has 0 radical (unpaired) electrons. The fraction of sp³-hybridized carbons (Fsp3) is 0. The zero-order valence-corrected chi connectivity index (χ0v) is 29.8. The first-order valence-electron chi connectivity index (χ1n) is 18.7. The van der Waals surface area contributed by atoms with Gasteiger partial charge in [0.05, 0.1) is 11.4 Å². The first-order chi connectivity index (χ1) is 27.3. The molecule has 2 heterocycles. The number of nitrogens with zero attached hydrogens (tertiary/aromatic N) is 1. The molecule has 0 aliphatic heterocycles. The van der Waals surface area contributed by atoms with Crippen LogP contribution in [0.5, 0.6) is 0 Å². The van der Waals surface area contributed by atoms with Crippen LogP contribution in [0, 0.1) is 0 Å². The van der Waals surface area contributed by atoms with Crippen LogP contribution >= 0.6 is 0 Å². The van der Waals surface area contributed by atoms with Crippen LogP contribution in [0.2, 0.25) is 0 Å². The summed E-state index contributed by atoms with van der Waals surface area (Å²) in [6.07, 6.45) is 0. The third kappa shape index (κ3) is 5.20. The lowest BCUT2D eigenvalue weighted by atomic mass is 9.91. The summed E-state index contributed by atoms with van der Waals surface area (Å²) >= 11 is 0. The Hall–Kier alpha value is -7.36. The molecule has 0 N–H and O–H groups in total. The highest BCUT2D eigenvalue weighted by atomic mass is 16.3. The summed E-state index contributed by atoms with van der Waals surface area (Å²) in [5, 5.41) is 6.80. The zero-order chi connectivity index (χ0) is 36.3. The van der Waals surface area contributed by atoms with Crippen molar-refractivity contribution < 1.29 is 8.83 Å². The van der Waals surface area contributed by atoms with Gasteiger partial charge in [0.2, 0.25) is 0 Å². The molecule has 3 heteroatoms. The molecule has 3 nitrogen and oxygen atoms in total. The van der Waals surface area contributed by atoms with Gasteiger partial charge < -0.3 is 13.7 Å². The van der Waals surface area contributed by atoms with Crippen LogP contribution in [0.25, 0.3) is 88.0 Å². The van der Waals surface area contributed by atoms with E-state index in [4.69, 9.17) is 8.83 Å². The average molecular weight is 704 g/mol. The van der Waals surface area contributed by atoms with Gasteiger partial charge in [-0.15, -0.1) is 0 Å². The second kappa shape index (κ2) is 12.6. The maximum atomic E-state index is 6.77. The summed E-state index contributed by atoms with van der Waals surface area (Å²) in [5.74, 6) is 0. The third-order valence-electron chi connectivity index (χ3n) is 10.9. The Bertz CT molecular complexity index is 3190. The molecule has 0 saturated carbocycles. The summed E-state index contributed by atoms with van der Waals surface area (Å²) in [6, 6.07) is 70.8. The second-order valence-electron chi connectivity index (χ2n) is 14.1. The van der Waals surface area contributed by atoms with Gasteiger partial charge in [-0.1, -0.05) is 146 Å². The van der Waals surface area contributed by atoms with Crippen molar-refractivity contribution >= 4 is 71.7 Å². The van der Waals surface area contributed by atoms with Crippen molar-refractivity contribution in [1.29, 1.82) is 0 Å². The van der Waals surface area contributed by atoms with E-state index >= 15 is 0 Å². The molecule has 9 aromatic carbocycles. The molecule has 258 valence electrons. The molecular weight excluding hydrogens is 671 g/mol. The van der Waals surface area contributed by atoms with Crippen molar-refractivity contribution in [2.24, 2.45) is 0 Å². The summed E-state index contributed by atoms with van der Waals surface area (Å²) in [6.45, 7) is 0. The normalized spacial score (nSPS) is 11.6. The molecule has 55 heavy (non-hydrogen) atoms. The highest BCUT2D eigenvalue weighted by Crippen LogP contribution is 2.45. The standard InChI is InChI=1S/C52H33NO2/c1-3-12-34(13-4-1)35-24-27-39(28-25-35)53(47-22-11-21-46-43-18-7-8-23-48(43)55-52(46)47)40-29-31-45-44-30-26-38(32-49(44)54-50(45)33-40)42-20-10-17-37-16-9-19-41(51(37)42)36-14-5-2-6-15-36/h1-33H. The minimum absolute atomic E-state index is 0.829. The number of furan rings is 2. The van der Waals surface area contributed by atoms with Gasteiger partial charge >= 0.3 is 0 Å². The summed E-state index contributed by atoms with van der Waals surface area (Å²) in [4.78, 5) is 2.28. The maximum absolute atomic E-state index is 6.77. The third-order valence-corrected chi connectivity index (χ3v) is 10.9. The Labute approximate surface area is 317 Å². The van der Waals surface area contributed by atoms with E-state index in [9.17, 15) is 0 Å². The van der Waals surface area contributed by atoms with E-state index in [2.05, 4.69) is 187 Å². The molecule has 0 fully saturated rings. The Morgan fingerprint density at radius 1 is 0.327 bits per heavy atom. The number of para-hydroxylation sites is 2. The van der Waals surface area contributed by atoms with Crippen molar-refractivity contribution in [3.8, 4) is 33.4 Å². The van der Waals surface area contributed by atoms with Crippen molar-refractivity contribution in [2.45, 2.75) is 0 Å². The molecule has 11 aromatic rings. The van der Waals surface area contributed by atoms with Gasteiger partial charge in [-0.05, 0) is 92.7 Å². The van der Waals surface area contributed by atoms with Gasteiger partial charge in [0.25, 0.3) is 0 Å². The summed E-state index contributed by atoms with van der Waals surface area (Å²) < 4.78 is 13.4. The lowest BCUT2D eigenvalue weighted by Crippen LogP contribution is -2.10. The van der Waals surface area contributed by atoms with Gasteiger partial charge in [0.15, 0.2) is 5.58 Å². The molecule has 0 amide bonds. The lowest BCUT2D eigenvalue weighted by molar-refractivity contribution is 0.667. The van der Waals surface area contributed by atoms with Crippen LogP contribution in [0.3, 0.4) is 0 Å². The molecule has 0 aliphatic carbocycles. The number of hydrogen-bond acceptors (Lipinski definition) is 3. The van der Waals surface area contributed by atoms with Crippen LogP contribution in [-0.2, 0) is 0 Å². The summed E-state index contributed by atoms with van der Waals surface area (Å²) in [7, 11) is 0. The van der Waals surface area contributed by atoms with Gasteiger partial charge in [-0.2, -0.15) is 0 Å². The number of anilines is 3. The van der Waals surface area contributed by atoms with Gasteiger partial charge in [-0.25, -0.2) is 0 Å². The Kier molecular flexibility index (Phi) is 7.17. The Balaban J connectivity index is 1.06. The molecule has 0 aliphatic rings. The highest BCUT2D eigenvalue weighted by molar-refractivity contribution is 6.12. The Morgan fingerprint density at radius 2 is 0.891 bits per heavy atom. The van der Waals surface area contributed by atoms with Crippen LogP contribution in [0.15, 0.2) is 209 Å². The minimum atomic E-state index is 0.829. The SMILES string of the molecule is c1ccc(-c2ccc(N(c3ccc4c(c3)oc3cc(-c5cccc6cccc(-c7ccccc7)c56)ccc34)c3cccc4c3oc3ccccc34)cc2)cc1. The van der Waals surface area contributed by atoms with E-state index in [0.717, 1.165) is 72.1 Å². The van der Waals surface area contributed by atoms with E-state index < -0.39 is 0 Å². The molecule has 0 bridgehead atoms. The van der Waals surface area contributed by atoms with Crippen molar-refractivity contribution in [2.75, 3.05) is 4.90 Å². The smallest absolute Gasteiger partial charge is 0.159 e. The van der Waals surface area contributed by atoms with Crippen molar-refractivity contribution in [3.63, 3.8) is 0 Å². The first-order valence-corrected chi connectivity index (χ1v) is 18.7. The number of hydrogen-bond donors (Lipinski definition) is 0. The van der Waals surface area contributed by atoms with Crippen LogP contribution in [-0.4, -0.2) is 0 Å². The van der Waals surface area contributed by atoms with E-state index in [1.165, 1.54) is 33.0 Å². The fourth-order valence-corrected chi connectivity index (χ4v) is 8.28. The van der Waals surface area contributed by atoms with E-state index in [-0.39, 0.29) is 0 Å². The van der Waals surface area contributed by atoms with E-state index in [1.54, 1.807) is 0 Å². The van der Waals surface area contributed by atoms with Gasteiger partial charge in [-0.3, -0.25) is 0 Å². The van der Waals surface area contributed by atoms with Crippen molar-refractivity contribution in [1.82, 2.24) is 0 Å². The lowest BCUT2D eigenvalue weighted by Gasteiger charge is -2.25. The minimum Gasteiger partial charge on any atom is -0.456 e. The molecule has 2 aromatic heterocycles. The highest BCUT2D eigenvalue weighted by Gasteiger charge is 2.21. The molecule has 0 atom stereocenters.